The number of unbranched alkanes of at least 4 members (excludes halogenated alkanes) is 2. The zero-order valence-corrected chi connectivity index (χ0v) is 26.2. The molecule has 0 fully saturated rings. The smallest absolute Gasteiger partial charge is 0.331 e. The third-order valence-electron chi connectivity index (χ3n) is 7.36. The molecule has 0 unspecified atom stereocenters. The Morgan fingerprint density at radius 2 is 1.73 bits per heavy atom. The first-order valence-electron chi connectivity index (χ1n) is 14.3. The van der Waals surface area contributed by atoms with Crippen LogP contribution in [0, 0.1) is 5.41 Å². The average Bonchev–Trinajstić information content (AvgIpc) is 3.02. The van der Waals surface area contributed by atoms with Crippen molar-refractivity contribution in [3.63, 3.8) is 0 Å². The van der Waals surface area contributed by atoms with E-state index in [4.69, 9.17) is 9.84 Å². The zero-order valence-electron chi connectivity index (χ0n) is 24.5. The van der Waals surface area contributed by atoms with Crippen LogP contribution in [-0.2, 0) is 9.59 Å². The molecule has 0 saturated heterocycles. The number of ether oxygens (including phenoxy) is 1. The molecule has 4 N–H and O–H groups in total. The number of fused-ring (bicyclic) bond motifs is 1. The van der Waals surface area contributed by atoms with Crippen LogP contribution in [0.4, 0.5) is 17.1 Å². The highest BCUT2D eigenvalue weighted by atomic mass is 32.3. The lowest BCUT2D eigenvalue weighted by Crippen LogP contribution is -2.37. The Morgan fingerprint density at radius 1 is 1.07 bits per heavy atom. The number of anilines is 3. The summed E-state index contributed by atoms with van der Waals surface area (Å²) in [6.07, 6.45) is 10.9. The molecule has 0 saturated carbocycles. The van der Waals surface area contributed by atoms with E-state index >= 15 is 0 Å². The summed E-state index contributed by atoms with van der Waals surface area (Å²) in [5.41, 5.74) is 1.97. The number of thioether (sulfide) groups is 1. The van der Waals surface area contributed by atoms with Crippen molar-refractivity contribution in [2.75, 3.05) is 28.8 Å². The molecule has 0 aromatic heterocycles. The number of aliphatic carboxylic acids is 1. The van der Waals surface area contributed by atoms with Crippen LogP contribution in [0.25, 0.3) is 0 Å². The Balaban J connectivity index is 2.17. The van der Waals surface area contributed by atoms with E-state index in [1.54, 1.807) is 6.07 Å². The number of hydrogen-bond donors (Lipinski definition) is 4. The van der Waals surface area contributed by atoms with Crippen LogP contribution in [0.1, 0.15) is 72.1 Å². The minimum atomic E-state index is -3.24. The summed E-state index contributed by atoms with van der Waals surface area (Å²) in [7, 11) is -3.24. The topological polar surface area (TPSA) is 119 Å². The minimum absolute atomic E-state index is 0.0263. The molecule has 8 nitrogen and oxygen atoms in total. The quantitative estimate of drug-likeness (QED) is 0.0960. The summed E-state index contributed by atoms with van der Waals surface area (Å²) < 4.78 is 29.3. The van der Waals surface area contributed by atoms with Gasteiger partial charge in [0.05, 0.1) is 27.8 Å². The van der Waals surface area contributed by atoms with Gasteiger partial charge in [-0.2, -0.15) is 10.6 Å². The van der Waals surface area contributed by atoms with Gasteiger partial charge in [0.15, 0.2) is 0 Å². The highest BCUT2D eigenvalue weighted by Crippen LogP contribution is 2.62. The number of hydrogen-bond acceptors (Lipinski definition) is 7. The molecule has 0 aliphatic carbocycles. The summed E-state index contributed by atoms with van der Waals surface area (Å²) in [4.78, 5) is 26.5. The molecule has 2 aromatic rings. The first-order chi connectivity index (χ1) is 19.6. The lowest BCUT2D eigenvalue weighted by molar-refractivity contribution is -0.131. The van der Waals surface area contributed by atoms with Gasteiger partial charge in [-0.15, -0.1) is 11.8 Å². The maximum atomic E-state index is 12.2. The fourth-order valence-corrected chi connectivity index (χ4v) is 8.05. The number of nitrogens with zero attached hydrogens (tertiary/aromatic N) is 1. The molecule has 0 atom stereocenters. The van der Waals surface area contributed by atoms with E-state index < -0.39 is 16.6 Å². The normalized spacial score (nSPS) is 16.6. The van der Waals surface area contributed by atoms with Gasteiger partial charge in [-0.1, -0.05) is 46.5 Å². The van der Waals surface area contributed by atoms with Gasteiger partial charge in [0.1, 0.15) is 5.75 Å². The van der Waals surface area contributed by atoms with Gasteiger partial charge < -0.3 is 20.1 Å². The fourth-order valence-electron chi connectivity index (χ4n) is 5.33. The molecule has 10 heteroatoms. The largest absolute Gasteiger partial charge is 0.478 e. The molecular weight excluding hydrogens is 560 g/mol. The molecule has 1 aliphatic rings. The van der Waals surface area contributed by atoms with Crippen molar-refractivity contribution < 1.29 is 28.5 Å². The van der Waals surface area contributed by atoms with Gasteiger partial charge in [-0.05, 0) is 55.9 Å². The first kappa shape index (κ1) is 32.8. The second-order valence-corrected chi connectivity index (χ2v) is 13.6. The predicted octanol–water partition coefficient (Wildman–Crippen LogP) is 8.75. The number of carbonyl (C=O) groups excluding carboxylic acids is 1. The van der Waals surface area contributed by atoms with Crippen LogP contribution in [0.5, 0.6) is 5.75 Å². The van der Waals surface area contributed by atoms with E-state index in [9.17, 15) is 18.7 Å². The number of benzene rings is 2. The van der Waals surface area contributed by atoms with Crippen molar-refractivity contribution in [2.45, 2.75) is 81.9 Å². The van der Waals surface area contributed by atoms with Gasteiger partial charge in [0.2, 0.25) is 5.91 Å². The molecule has 1 amide bonds. The number of carboxylic acid groups (broad SMARTS) is 1. The van der Waals surface area contributed by atoms with Crippen molar-refractivity contribution in [3.05, 3.63) is 48.7 Å². The van der Waals surface area contributed by atoms with Crippen LogP contribution in [-0.4, -0.2) is 44.6 Å². The van der Waals surface area contributed by atoms with Crippen molar-refractivity contribution in [3.8, 4) is 5.75 Å². The second kappa shape index (κ2) is 15.0. The maximum absolute atomic E-state index is 12.2. The number of amides is 1. The Morgan fingerprint density at radius 3 is 2.29 bits per heavy atom. The molecule has 1 aliphatic heterocycles. The molecule has 0 spiro atoms. The minimum Gasteiger partial charge on any atom is -0.478 e. The van der Waals surface area contributed by atoms with E-state index in [0.29, 0.717) is 35.0 Å². The van der Waals surface area contributed by atoms with E-state index in [1.807, 2.05) is 43.5 Å². The standard InChI is InChI=1S/C31H44N2O6S2/c1-5-8-16-31(17-9-6-2)21-33(24-13-11-23(12-14-24)32-29(34)10-7-3)25-19-27(40-4)26(39-18-15-30(35)36)20-28(25)41(37,38)22-31/h11-15,18-20,37-38H,5-10,16-17,21-22H2,1-4H3,(H,32,34)(H,35,36). The molecule has 2 aromatic carbocycles. The fraction of sp³-hybridized carbons (Fsp3) is 0.484. The third-order valence-corrected chi connectivity index (χ3v) is 10.2. The van der Waals surface area contributed by atoms with Crippen molar-refractivity contribution in [1.82, 2.24) is 0 Å². The summed E-state index contributed by atoms with van der Waals surface area (Å²) in [6, 6.07) is 11.3. The van der Waals surface area contributed by atoms with E-state index in [-0.39, 0.29) is 17.1 Å². The van der Waals surface area contributed by atoms with Crippen molar-refractivity contribution in [1.29, 1.82) is 0 Å². The molecule has 0 bridgehead atoms. The van der Waals surface area contributed by atoms with E-state index in [2.05, 4.69) is 24.1 Å². The van der Waals surface area contributed by atoms with Crippen LogP contribution in [0.15, 0.2) is 58.5 Å². The van der Waals surface area contributed by atoms with Crippen LogP contribution in [0.2, 0.25) is 0 Å². The maximum Gasteiger partial charge on any atom is 0.331 e. The van der Waals surface area contributed by atoms with Gasteiger partial charge in [0.25, 0.3) is 0 Å². The molecule has 1 heterocycles. The molecule has 3 rings (SSSR count). The molecule has 226 valence electrons. The molecular formula is C31H44N2O6S2. The Bertz CT molecular complexity index is 1210. The Hall–Kier alpha value is -2.66. The summed E-state index contributed by atoms with van der Waals surface area (Å²) in [5.74, 6) is -0.539. The number of nitrogens with one attached hydrogen (secondary N) is 1. The average molecular weight is 605 g/mol. The second-order valence-electron chi connectivity index (χ2n) is 10.7. The number of carboxylic acids is 1. The SMILES string of the molecule is CCCCC1(CCCC)CN(c2ccc(NC(=O)CCC)cc2)c2cc(SC)c(OC=CC(=O)O)cc2S(O)(O)C1. The van der Waals surface area contributed by atoms with Crippen molar-refractivity contribution >= 4 is 51.3 Å². The molecule has 41 heavy (non-hydrogen) atoms. The van der Waals surface area contributed by atoms with Crippen LogP contribution < -0.4 is 15.0 Å². The van der Waals surface area contributed by atoms with Crippen LogP contribution >= 0.6 is 22.4 Å². The van der Waals surface area contributed by atoms with Crippen LogP contribution in [0.3, 0.4) is 0 Å². The highest BCUT2D eigenvalue weighted by molar-refractivity contribution is 8.24. The Kier molecular flexibility index (Phi) is 12.0. The zero-order chi connectivity index (χ0) is 30.0. The van der Waals surface area contributed by atoms with E-state index in [1.165, 1.54) is 11.8 Å². The lowest BCUT2D eigenvalue weighted by Gasteiger charge is -2.42. The monoisotopic (exact) mass is 604 g/mol. The van der Waals surface area contributed by atoms with E-state index in [0.717, 1.165) is 67.9 Å². The number of carbonyl (C=O) groups is 2. The van der Waals surface area contributed by atoms with Gasteiger partial charge >= 0.3 is 5.97 Å². The third kappa shape index (κ3) is 8.67. The predicted molar refractivity (Wildman–Crippen MR) is 170 cm³/mol. The highest BCUT2D eigenvalue weighted by Gasteiger charge is 2.42. The van der Waals surface area contributed by atoms with Crippen molar-refractivity contribution in [2.24, 2.45) is 5.41 Å². The number of rotatable bonds is 14. The lowest BCUT2D eigenvalue weighted by atomic mass is 9.79. The van der Waals surface area contributed by atoms with Gasteiger partial charge in [0, 0.05) is 41.6 Å². The first-order valence-corrected chi connectivity index (χ1v) is 17.2. The summed E-state index contributed by atoms with van der Waals surface area (Å²) >= 11 is 1.44. The molecule has 0 radical (unpaired) electrons. The Labute approximate surface area is 249 Å². The van der Waals surface area contributed by atoms with Gasteiger partial charge in [-0.3, -0.25) is 13.9 Å². The summed E-state index contributed by atoms with van der Waals surface area (Å²) in [5, 5.41) is 11.9. The summed E-state index contributed by atoms with van der Waals surface area (Å²) in [6.45, 7) is 6.89. The van der Waals surface area contributed by atoms with Gasteiger partial charge in [-0.25, -0.2) is 4.79 Å².